The molecule has 5 aromatic rings. The second-order valence-electron chi connectivity index (χ2n) is 7.22. The number of carbonyl (C=O) groups is 1. The maximum atomic E-state index is 12.0. The largest absolute Gasteiger partial charge is 0.361 e. The van der Waals surface area contributed by atoms with Gasteiger partial charge in [-0.3, -0.25) is 9.78 Å². The molecule has 0 aliphatic heterocycles. The van der Waals surface area contributed by atoms with Crippen LogP contribution in [0, 0.1) is 0 Å². The lowest BCUT2D eigenvalue weighted by Gasteiger charge is -2.07. The van der Waals surface area contributed by atoms with Crippen molar-refractivity contribution in [3.63, 3.8) is 0 Å². The number of benzene rings is 2. The highest BCUT2D eigenvalue weighted by atomic mass is 16.1. The fourth-order valence-corrected chi connectivity index (χ4v) is 3.51. The van der Waals surface area contributed by atoms with Crippen molar-refractivity contribution in [2.45, 2.75) is 0 Å². The van der Waals surface area contributed by atoms with Crippen molar-refractivity contribution >= 4 is 28.0 Å². The summed E-state index contributed by atoms with van der Waals surface area (Å²) in [4.78, 5) is 29.0. The molecule has 5 rings (SSSR count). The van der Waals surface area contributed by atoms with Crippen LogP contribution >= 0.6 is 0 Å². The molecule has 3 heterocycles. The van der Waals surface area contributed by atoms with E-state index in [0.29, 0.717) is 30.0 Å². The van der Waals surface area contributed by atoms with E-state index in [0.717, 1.165) is 33.1 Å². The van der Waals surface area contributed by atoms with Gasteiger partial charge in [-0.15, -0.1) is 0 Å². The van der Waals surface area contributed by atoms with Gasteiger partial charge in [0, 0.05) is 47.7 Å². The summed E-state index contributed by atoms with van der Waals surface area (Å²) in [5.74, 6) is -0.145. The van der Waals surface area contributed by atoms with E-state index in [2.05, 4.69) is 43.5 Å². The number of H-pyrrole nitrogens is 1. The Morgan fingerprint density at radius 1 is 0.935 bits per heavy atom. The summed E-state index contributed by atoms with van der Waals surface area (Å²) in [5, 5.41) is 3.91. The third-order valence-corrected chi connectivity index (χ3v) is 5.16. The van der Waals surface area contributed by atoms with Crippen molar-refractivity contribution in [3.8, 4) is 22.4 Å². The molecule has 3 aromatic heterocycles. The third-order valence-electron chi connectivity index (χ3n) is 5.16. The molecule has 0 saturated carbocycles. The van der Waals surface area contributed by atoms with Gasteiger partial charge in [-0.25, -0.2) is 9.97 Å². The second kappa shape index (κ2) is 7.97. The molecule has 7 nitrogen and oxygen atoms in total. The molecule has 0 aliphatic carbocycles. The lowest BCUT2D eigenvalue weighted by molar-refractivity contribution is 0.0955. The average Bonchev–Trinajstić information content (AvgIpc) is 3.30. The molecule has 4 N–H and O–H groups in total. The van der Waals surface area contributed by atoms with Crippen molar-refractivity contribution in [2.75, 3.05) is 13.1 Å². The number of hydrogen-bond acceptors (Lipinski definition) is 5. The molecule has 0 atom stereocenters. The van der Waals surface area contributed by atoms with Crippen molar-refractivity contribution in [2.24, 2.45) is 5.73 Å². The predicted octanol–water partition coefficient (Wildman–Crippen LogP) is 3.53. The van der Waals surface area contributed by atoms with Gasteiger partial charge in [0.15, 0.2) is 5.65 Å². The molecular formula is C24H20N6O. The standard InChI is InChI=1S/C24H20N6O/c25-8-10-27-24(31)16-3-1-15(2-4-16)22-14-28-21-12-19(13-29-23(21)30-22)17-5-6-20-18(11-17)7-9-26-20/h1-7,9,11-14,26H,8,10,25H2,(H,27,31). The predicted molar refractivity (Wildman–Crippen MR) is 121 cm³/mol. The van der Waals surface area contributed by atoms with Crippen LogP contribution < -0.4 is 11.1 Å². The SMILES string of the molecule is NCCNC(=O)c1ccc(-c2cnc3cc(-c4ccc5[nH]ccc5c4)cnc3n2)cc1. The minimum Gasteiger partial charge on any atom is -0.361 e. The van der Waals surface area contributed by atoms with E-state index in [-0.39, 0.29) is 5.91 Å². The maximum Gasteiger partial charge on any atom is 0.251 e. The van der Waals surface area contributed by atoms with Crippen LogP contribution in [-0.2, 0) is 0 Å². The van der Waals surface area contributed by atoms with E-state index in [1.807, 2.05) is 36.7 Å². The number of nitrogens with one attached hydrogen (secondary N) is 2. The number of hydrogen-bond donors (Lipinski definition) is 3. The molecular weight excluding hydrogens is 388 g/mol. The second-order valence-corrected chi connectivity index (χ2v) is 7.22. The Morgan fingerprint density at radius 2 is 1.77 bits per heavy atom. The lowest BCUT2D eigenvalue weighted by Crippen LogP contribution is -2.28. The molecule has 1 amide bonds. The van der Waals surface area contributed by atoms with Crippen molar-refractivity contribution in [3.05, 3.63) is 78.8 Å². The number of amides is 1. The number of aromatic amines is 1. The molecule has 0 bridgehead atoms. The van der Waals surface area contributed by atoms with Crippen LogP contribution in [0.15, 0.2) is 73.2 Å². The van der Waals surface area contributed by atoms with Gasteiger partial charge in [0.1, 0.15) is 5.52 Å². The zero-order valence-corrected chi connectivity index (χ0v) is 16.7. The van der Waals surface area contributed by atoms with Crippen LogP contribution in [0.25, 0.3) is 44.5 Å². The molecule has 7 heteroatoms. The summed E-state index contributed by atoms with van der Waals surface area (Å²) >= 11 is 0. The monoisotopic (exact) mass is 408 g/mol. The van der Waals surface area contributed by atoms with Gasteiger partial charge in [0.25, 0.3) is 5.91 Å². The molecule has 0 saturated heterocycles. The molecule has 2 aromatic carbocycles. The van der Waals surface area contributed by atoms with Crippen LogP contribution in [0.5, 0.6) is 0 Å². The first-order valence-electron chi connectivity index (χ1n) is 10.0. The number of carbonyl (C=O) groups excluding carboxylic acids is 1. The van der Waals surface area contributed by atoms with Gasteiger partial charge < -0.3 is 16.0 Å². The van der Waals surface area contributed by atoms with Crippen molar-refractivity contribution < 1.29 is 4.79 Å². The number of pyridine rings is 1. The molecule has 152 valence electrons. The van der Waals surface area contributed by atoms with Crippen LogP contribution in [-0.4, -0.2) is 38.9 Å². The summed E-state index contributed by atoms with van der Waals surface area (Å²) in [6.45, 7) is 0.857. The highest BCUT2D eigenvalue weighted by molar-refractivity contribution is 5.94. The fourth-order valence-electron chi connectivity index (χ4n) is 3.51. The number of rotatable bonds is 5. The Bertz CT molecular complexity index is 1390. The van der Waals surface area contributed by atoms with Gasteiger partial charge in [-0.1, -0.05) is 18.2 Å². The van der Waals surface area contributed by atoms with E-state index in [1.54, 1.807) is 18.3 Å². The van der Waals surface area contributed by atoms with E-state index < -0.39 is 0 Å². The van der Waals surface area contributed by atoms with Gasteiger partial charge in [-0.05, 0) is 47.3 Å². The minimum absolute atomic E-state index is 0.145. The highest BCUT2D eigenvalue weighted by Crippen LogP contribution is 2.26. The van der Waals surface area contributed by atoms with E-state index >= 15 is 0 Å². The Hall–Kier alpha value is -4.10. The third kappa shape index (κ3) is 3.74. The first-order chi connectivity index (χ1) is 15.2. The molecule has 31 heavy (non-hydrogen) atoms. The topological polar surface area (TPSA) is 110 Å². The van der Waals surface area contributed by atoms with Crippen molar-refractivity contribution in [1.82, 2.24) is 25.3 Å². The summed E-state index contributed by atoms with van der Waals surface area (Å²) in [6.07, 6.45) is 5.48. The molecule has 0 spiro atoms. The Labute approximate surface area is 178 Å². The molecule has 0 fully saturated rings. The molecule has 0 unspecified atom stereocenters. The number of fused-ring (bicyclic) bond motifs is 2. The van der Waals surface area contributed by atoms with Crippen LogP contribution in [0.1, 0.15) is 10.4 Å². The van der Waals surface area contributed by atoms with E-state index in [9.17, 15) is 4.79 Å². The highest BCUT2D eigenvalue weighted by Gasteiger charge is 2.09. The smallest absolute Gasteiger partial charge is 0.251 e. The van der Waals surface area contributed by atoms with Crippen molar-refractivity contribution in [1.29, 1.82) is 0 Å². The number of aromatic nitrogens is 4. The Kier molecular flexibility index (Phi) is 4.86. The minimum atomic E-state index is -0.145. The van der Waals surface area contributed by atoms with Crippen LogP contribution in [0.3, 0.4) is 0 Å². The summed E-state index contributed by atoms with van der Waals surface area (Å²) in [5.41, 5.74) is 12.1. The van der Waals surface area contributed by atoms with Gasteiger partial charge in [0.05, 0.1) is 11.9 Å². The normalized spacial score (nSPS) is 11.1. The zero-order chi connectivity index (χ0) is 21.2. The first-order valence-corrected chi connectivity index (χ1v) is 10.0. The van der Waals surface area contributed by atoms with Gasteiger partial charge in [0.2, 0.25) is 0 Å². The average molecular weight is 408 g/mol. The van der Waals surface area contributed by atoms with E-state index in [1.165, 1.54) is 0 Å². The fraction of sp³-hybridized carbons (Fsp3) is 0.0833. The summed E-state index contributed by atoms with van der Waals surface area (Å²) in [7, 11) is 0. The van der Waals surface area contributed by atoms with E-state index in [4.69, 9.17) is 5.73 Å². The van der Waals surface area contributed by atoms with Gasteiger partial charge in [-0.2, -0.15) is 0 Å². The van der Waals surface area contributed by atoms with Crippen LogP contribution in [0.4, 0.5) is 0 Å². The Morgan fingerprint density at radius 3 is 2.61 bits per heavy atom. The summed E-state index contributed by atoms with van der Waals surface area (Å²) < 4.78 is 0. The van der Waals surface area contributed by atoms with Gasteiger partial charge >= 0.3 is 0 Å². The quantitative estimate of drug-likeness (QED) is 0.412. The van der Waals surface area contributed by atoms with Crippen LogP contribution in [0.2, 0.25) is 0 Å². The molecule has 0 radical (unpaired) electrons. The number of nitrogens with zero attached hydrogens (tertiary/aromatic N) is 3. The molecule has 0 aliphatic rings. The first kappa shape index (κ1) is 18.9. The zero-order valence-electron chi connectivity index (χ0n) is 16.7. The Balaban J connectivity index is 1.42. The summed E-state index contributed by atoms with van der Waals surface area (Å²) in [6, 6.07) is 17.5. The maximum absolute atomic E-state index is 12.0. The number of nitrogens with two attached hydrogens (primary N) is 1. The lowest BCUT2D eigenvalue weighted by atomic mass is 10.1.